The lowest BCUT2D eigenvalue weighted by molar-refractivity contribution is -0.116. The Kier molecular flexibility index (Phi) is 5.84. The van der Waals surface area contributed by atoms with Gasteiger partial charge in [0, 0.05) is 30.9 Å². The fourth-order valence-corrected chi connectivity index (χ4v) is 2.17. The van der Waals surface area contributed by atoms with Crippen molar-refractivity contribution in [2.24, 2.45) is 0 Å². The molecule has 0 aromatic heterocycles. The molecular formula is C18H18FN3O3. The molecule has 0 atom stereocenters. The van der Waals surface area contributed by atoms with Gasteiger partial charge in [0.05, 0.1) is 6.54 Å². The van der Waals surface area contributed by atoms with Crippen molar-refractivity contribution < 1.29 is 18.8 Å². The summed E-state index contributed by atoms with van der Waals surface area (Å²) < 4.78 is 12.8. The lowest BCUT2D eigenvalue weighted by Crippen LogP contribution is -2.35. The van der Waals surface area contributed by atoms with Crippen LogP contribution < -0.4 is 10.6 Å². The van der Waals surface area contributed by atoms with Crippen molar-refractivity contribution in [3.05, 3.63) is 59.9 Å². The summed E-state index contributed by atoms with van der Waals surface area (Å²) in [7, 11) is 1.50. The van der Waals surface area contributed by atoms with E-state index in [9.17, 15) is 18.8 Å². The molecular weight excluding hydrogens is 325 g/mol. The highest BCUT2D eigenvalue weighted by molar-refractivity contribution is 6.00. The summed E-state index contributed by atoms with van der Waals surface area (Å²) in [6.45, 7) is 1.21. The molecule has 2 rings (SSSR count). The van der Waals surface area contributed by atoms with Gasteiger partial charge in [0.15, 0.2) is 0 Å². The minimum absolute atomic E-state index is 0.166. The zero-order chi connectivity index (χ0) is 18.4. The summed E-state index contributed by atoms with van der Waals surface area (Å²) in [5.41, 5.74) is 1.30. The van der Waals surface area contributed by atoms with Crippen molar-refractivity contribution >= 4 is 29.1 Å². The van der Waals surface area contributed by atoms with Gasteiger partial charge in [-0.25, -0.2) is 4.39 Å². The van der Waals surface area contributed by atoms with Crippen molar-refractivity contribution in [3.8, 4) is 0 Å². The average molecular weight is 343 g/mol. The number of amides is 3. The van der Waals surface area contributed by atoms with Crippen LogP contribution in [0.4, 0.5) is 15.8 Å². The number of carbonyl (C=O) groups excluding carboxylic acids is 3. The number of nitrogens with zero attached hydrogens (tertiary/aromatic N) is 1. The molecule has 0 fully saturated rings. The second-order valence-electron chi connectivity index (χ2n) is 5.48. The van der Waals surface area contributed by atoms with Crippen LogP contribution in [-0.4, -0.2) is 36.2 Å². The van der Waals surface area contributed by atoms with Crippen LogP contribution in [0.25, 0.3) is 0 Å². The highest BCUT2D eigenvalue weighted by Crippen LogP contribution is 2.13. The van der Waals surface area contributed by atoms with Gasteiger partial charge < -0.3 is 15.5 Å². The van der Waals surface area contributed by atoms with E-state index in [0.29, 0.717) is 16.9 Å². The highest BCUT2D eigenvalue weighted by Gasteiger charge is 2.15. The molecule has 0 aliphatic carbocycles. The molecule has 25 heavy (non-hydrogen) atoms. The Labute approximate surface area is 144 Å². The van der Waals surface area contributed by atoms with Crippen LogP contribution in [0.1, 0.15) is 17.3 Å². The first-order chi connectivity index (χ1) is 11.8. The second-order valence-corrected chi connectivity index (χ2v) is 5.48. The van der Waals surface area contributed by atoms with Crippen LogP contribution in [0, 0.1) is 5.82 Å². The summed E-state index contributed by atoms with van der Waals surface area (Å²) in [5, 5.41) is 5.18. The number of likely N-dealkylation sites (N-methyl/N-ethyl adjacent to an activating group) is 1. The number of anilines is 2. The maximum absolute atomic E-state index is 12.8. The van der Waals surface area contributed by atoms with Crippen molar-refractivity contribution in [3.63, 3.8) is 0 Å². The smallest absolute Gasteiger partial charge is 0.254 e. The van der Waals surface area contributed by atoms with Crippen LogP contribution in [0.5, 0.6) is 0 Å². The number of halogens is 1. The lowest BCUT2D eigenvalue weighted by Gasteiger charge is -2.17. The van der Waals surface area contributed by atoms with Crippen LogP contribution in [0.2, 0.25) is 0 Å². The van der Waals surface area contributed by atoms with Gasteiger partial charge in [-0.15, -0.1) is 0 Å². The molecule has 2 aromatic rings. The Balaban J connectivity index is 1.98. The topological polar surface area (TPSA) is 78.5 Å². The molecule has 0 aliphatic rings. The van der Waals surface area contributed by atoms with Gasteiger partial charge >= 0.3 is 0 Å². The molecule has 6 nitrogen and oxygen atoms in total. The predicted molar refractivity (Wildman–Crippen MR) is 92.7 cm³/mol. The fourth-order valence-electron chi connectivity index (χ4n) is 2.17. The van der Waals surface area contributed by atoms with E-state index < -0.39 is 11.7 Å². The monoisotopic (exact) mass is 343 g/mol. The summed E-state index contributed by atoms with van der Waals surface area (Å²) in [6, 6.07) is 11.8. The molecule has 2 aromatic carbocycles. The van der Waals surface area contributed by atoms with Gasteiger partial charge in [0.1, 0.15) is 5.82 Å². The third-order valence-electron chi connectivity index (χ3n) is 3.29. The standard InChI is InChI=1S/C18H18FN3O3/c1-12(23)20-16-5-3-4-13(10-16)18(25)22(2)11-17(24)21-15-8-6-14(19)7-9-15/h3-10H,11H2,1-2H3,(H,20,23)(H,21,24). The third kappa shape index (κ3) is 5.42. The molecule has 3 amide bonds. The first-order valence-corrected chi connectivity index (χ1v) is 7.53. The van der Waals surface area contributed by atoms with E-state index in [1.165, 1.54) is 49.2 Å². The van der Waals surface area contributed by atoms with E-state index in [4.69, 9.17) is 0 Å². The van der Waals surface area contributed by atoms with Gasteiger partial charge in [-0.05, 0) is 42.5 Å². The number of carbonyl (C=O) groups is 3. The number of nitrogens with one attached hydrogen (secondary N) is 2. The summed E-state index contributed by atoms with van der Waals surface area (Å²) in [6.07, 6.45) is 0. The minimum Gasteiger partial charge on any atom is -0.332 e. The highest BCUT2D eigenvalue weighted by atomic mass is 19.1. The number of benzene rings is 2. The van der Waals surface area contributed by atoms with E-state index in [1.807, 2.05) is 0 Å². The van der Waals surface area contributed by atoms with E-state index in [0.717, 1.165) is 0 Å². The van der Waals surface area contributed by atoms with Crippen molar-refractivity contribution in [1.29, 1.82) is 0 Å². The molecule has 0 aliphatic heterocycles. The lowest BCUT2D eigenvalue weighted by atomic mass is 10.1. The molecule has 130 valence electrons. The van der Waals surface area contributed by atoms with Crippen LogP contribution >= 0.6 is 0 Å². The van der Waals surface area contributed by atoms with E-state index in [1.54, 1.807) is 18.2 Å². The summed E-state index contributed by atoms with van der Waals surface area (Å²) >= 11 is 0. The zero-order valence-electron chi connectivity index (χ0n) is 13.9. The van der Waals surface area contributed by atoms with E-state index in [2.05, 4.69) is 10.6 Å². The zero-order valence-corrected chi connectivity index (χ0v) is 13.9. The third-order valence-corrected chi connectivity index (χ3v) is 3.29. The molecule has 0 saturated carbocycles. The van der Waals surface area contributed by atoms with Crippen molar-refractivity contribution in [1.82, 2.24) is 4.90 Å². The Morgan fingerprint density at radius 1 is 1.00 bits per heavy atom. The quantitative estimate of drug-likeness (QED) is 0.875. The van der Waals surface area contributed by atoms with Crippen LogP contribution in [0.3, 0.4) is 0 Å². The second kappa shape index (κ2) is 8.05. The van der Waals surface area contributed by atoms with Crippen LogP contribution in [-0.2, 0) is 9.59 Å². The molecule has 0 spiro atoms. The normalized spacial score (nSPS) is 10.0. The first kappa shape index (κ1) is 18.1. The van der Waals surface area contributed by atoms with Crippen molar-refractivity contribution in [2.45, 2.75) is 6.92 Å². The van der Waals surface area contributed by atoms with Crippen LogP contribution in [0.15, 0.2) is 48.5 Å². The molecule has 0 radical (unpaired) electrons. The number of rotatable bonds is 5. The molecule has 0 bridgehead atoms. The largest absolute Gasteiger partial charge is 0.332 e. The van der Waals surface area contributed by atoms with E-state index in [-0.39, 0.29) is 18.4 Å². The SMILES string of the molecule is CC(=O)Nc1cccc(C(=O)N(C)CC(=O)Nc2ccc(F)cc2)c1. The minimum atomic E-state index is -0.402. The first-order valence-electron chi connectivity index (χ1n) is 7.53. The number of hydrogen-bond acceptors (Lipinski definition) is 3. The summed E-state index contributed by atoms with van der Waals surface area (Å²) in [4.78, 5) is 36.7. The van der Waals surface area contributed by atoms with Gasteiger partial charge in [-0.3, -0.25) is 14.4 Å². The summed E-state index contributed by atoms with van der Waals surface area (Å²) in [5.74, 6) is -1.40. The fraction of sp³-hybridized carbons (Fsp3) is 0.167. The molecule has 2 N–H and O–H groups in total. The van der Waals surface area contributed by atoms with Gasteiger partial charge in [0.25, 0.3) is 5.91 Å². The number of hydrogen-bond donors (Lipinski definition) is 2. The van der Waals surface area contributed by atoms with Crippen molar-refractivity contribution in [2.75, 3.05) is 24.2 Å². The molecule has 0 heterocycles. The Morgan fingerprint density at radius 2 is 1.68 bits per heavy atom. The molecule has 7 heteroatoms. The maximum atomic E-state index is 12.8. The van der Waals surface area contributed by atoms with Gasteiger partial charge in [-0.2, -0.15) is 0 Å². The van der Waals surface area contributed by atoms with Gasteiger partial charge in [-0.1, -0.05) is 6.07 Å². The Hall–Kier alpha value is -3.22. The predicted octanol–water partition coefficient (Wildman–Crippen LogP) is 2.49. The van der Waals surface area contributed by atoms with Gasteiger partial charge in [0.2, 0.25) is 11.8 Å². The van der Waals surface area contributed by atoms with E-state index >= 15 is 0 Å². The molecule has 0 saturated heterocycles. The molecule has 0 unspecified atom stereocenters. The average Bonchev–Trinajstić information content (AvgIpc) is 2.55. The maximum Gasteiger partial charge on any atom is 0.254 e. The Morgan fingerprint density at radius 3 is 2.32 bits per heavy atom. The Bertz CT molecular complexity index is 790.